The van der Waals surface area contributed by atoms with Crippen molar-refractivity contribution in [3.05, 3.63) is 35.8 Å². The minimum Gasteiger partial charge on any atom is -0.341 e. The SMILES string of the molecule is C=CCc1cc(C)nc2nc(C)[nH]c12. The number of allylic oxidation sites excluding steroid dienone is 1. The summed E-state index contributed by atoms with van der Waals surface area (Å²) in [4.78, 5) is 11.9. The van der Waals surface area contributed by atoms with Crippen LogP contribution in [0.5, 0.6) is 0 Å². The van der Waals surface area contributed by atoms with Gasteiger partial charge in [-0.2, -0.15) is 0 Å². The van der Waals surface area contributed by atoms with Crippen molar-refractivity contribution in [3.8, 4) is 0 Å². The first kappa shape index (κ1) is 8.94. The Kier molecular flexibility index (Phi) is 2.08. The molecule has 0 amide bonds. The lowest BCUT2D eigenvalue weighted by Gasteiger charge is -1.99. The fraction of sp³-hybridized carbons (Fsp3) is 0.273. The molecule has 0 aliphatic rings. The second-order valence-corrected chi connectivity index (χ2v) is 3.44. The van der Waals surface area contributed by atoms with Crippen LogP contribution in [-0.4, -0.2) is 15.0 Å². The second kappa shape index (κ2) is 3.25. The number of aromatic nitrogens is 3. The molecule has 2 aromatic rings. The molecule has 0 saturated carbocycles. The Morgan fingerprint density at radius 3 is 2.93 bits per heavy atom. The predicted octanol–water partition coefficient (Wildman–Crippen LogP) is 2.30. The fourth-order valence-electron chi connectivity index (χ4n) is 1.62. The summed E-state index contributed by atoms with van der Waals surface area (Å²) in [6.45, 7) is 7.67. The number of hydrogen-bond acceptors (Lipinski definition) is 2. The highest BCUT2D eigenvalue weighted by molar-refractivity contribution is 5.75. The van der Waals surface area contributed by atoms with Crippen molar-refractivity contribution < 1.29 is 0 Å². The lowest BCUT2D eigenvalue weighted by atomic mass is 10.1. The third-order valence-corrected chi connectivity index (χ3v) is 2.15. The summed E-state index contributed by atoms with van der Waals surface area (Å²) in [6, 6.07) is 2.07. The molecule has 0 spiro atoms. The number of pyridine rings is 1. The Hall–Kier alpha value is -1.64. The number of nitrogens with zero attached hydrogens (tertiary/aromatic N) is 2. The first-order chi connectivity index (χ1) is 6.70. The first-order valence-electron chi connectivity index (χ1n) is 4.64. The van der Waals surface area contributed by atoms with E-state index >= 15 is 0 Å². The Balaban J connectivity index is 2.72. The quantitative estimate of drug-likeness (QED) is 0.733. The smallest absolute Gasteiger partial charge is 0.178 e. The predicted molar refractivity (Wildman–Crippen MR) is 57.3 cm³/mol. The molecule has 2 aromatic heterocycles. The van der Waals surface area contributed by atoms with E-state index in [2.05, 4.69) is 27.6 Å². The number of fused-ring (bicyclic) bond motifs is 1. The molecule has 1 N–H and O–H groups in total. The molecule has 0 fully saturated rings. The number of aryl methyl sites for hydroxylation is 2. The first-order valence-corrected chi connectivity index (χ1v) is 4.64. The van der Waals surface area contributed by atoms with Gasteiger partial charge < -0.3 is 4.98 Å². The van der Waals surface area contributed by atoms with Crippen LogP contribution in [0.2, 0.25) is 0 Å². The summed E-state index contributed by atoms with van der Waals surface area (Å²) in [5.74, 6) is 0.906. The van der Waals surface area contributed by atoms with E-state index in [9.17, 15) is 0 Å². The molecule has 0 bridgehead atoms. The van der Waals surface area contributed by atoms with E-state index in [-0.39, 0.29) is 0 Å². The Morgan fingerprint density at radius 1 is 1.43 bits per heavy atom. The van der Waals surface area contributed by atoms with Crippen LogP contribution in [0.25, 0.3) is 11.2 Å². The second-order valence-electron chi connectivity index (χ2n) is 3.44. The summed E-state index contributed by atoms with van der Waals surface area (Å²) < 4.78 is 0. The third-order valence-electron chi connectivity index (χ3n) is 2.15. The molecular formula is C11H13N3. The van der Waals surface area contributed by atoms with Gasteiger partial charge in [0, 0.05) is 5.69 Å². The fourth-order valence-corrected chi connectivity index (χ4v) is 1.62. The average Bonchev–Trinajstić information content (AvgIpc) is 2.45. The van der Waals surface area contributed by atoms with Crippen LogP contribution in [-0.2, 0) is 6.42 Å². The highest BCUT2D eigenvalue weighted by atomic mass is 15.0. The Labute approximate surface area is 82.9 Å². The van der Waals surface area contributed by atoms with Gasteiger partial charge >= 0.3 is 0 Å². The van der Waals surface area contributed by atoms with Gasteiger partial charge in [-0.3, -0.25) is 0 Å². The molecule has 72 valence electrons. The largest absolute Gasteiger partial charge is 0.341 e. The van der Waals surface area contributed by atoms with Gasteiger partial charge in [-0.25, -0.2) is 9.97 Å². The van der Waals surface area contributed by atoms with Gasteiger partial charge in [0.2, 0.25) is 0 Å². The van der Waals surface area contributed by atoms with E-state index in [4.69, 9.17) is 0 Å². The van der Waals surface area contributed by atoms with Gasteiger partial charge in [0.25, 0.3) is 0 Å². The number of imidazole rings is 1. The van der Waals surface area contributed by atoms with Crippen molar-refractivity contribution in [3.63, 3.8) is 0 Å². The van der Waals surface area contributed by atoms with Crippen LogP contribution < -0.4 is 0 Å². The van der Waals surface area contributed by atoms with Gasteiger partial charge in [-0.1, -0.05) is 6.08 Å². The lowest BCUT2D eigenvalue weighted by Crippen LogP contribution is -1.89. The normalized spacial score (nSPS) is 10.7. The molecule has 0 radical (unpaired) electrons. The molecule has 0 aliphatic carbocycles. The van der Waals surface area contributed by atoms with Crippen molar-refractivity contribution >= 4 is 11.2 Å². The summed E-state index contributed by atoms with van der Waals surface area (Å²) in [6.07, 6.45) is 2.74. The number of aromatic amines is 1. The maximum absolute atomic E-state index is 4.36. The van der Waals surface area contributed by atoms with E-state index < -0.39 is 0 Å². The van der Waals surface area contributed by atoms with Gasteiger partial charge in [-0.15, -0.1) is 6.58 Å². The molecule has 3 heteroatoms. The molecule has 3 nitrogen and oxygen atoms in total. The lowest BCUT2D eigenvalue weighted by molar-refractivity contribution is 1.15. The highest BCUT2D eigenvalue weighted by Gasteiger charge is 2.06. The Morgan fingerprint density at radius 2 is 2.21 bits per heavy atom. The van der Waals surface area contributed by atoms with Crippen molar-refractivity contribution in [2.75, 3.05) is 0 Å². The molecule has 14 heavy (non-hydrogen) atoms. The molecule has 0 aromatic carbocycles. The maximum atomic E-state index is 4.36. The highest BCUT2D eigenvalue weighted by Crippen LogP contribution is 2.16. The summed E-state index contributed by atoms with van der Waals surface area (Å²) in [7, 11) is 0. The minimum absolute atomic E-state index is 0.805. The topological polar surface area (TPSA) is 41.6 Å². The maximum Gasteiger partial charge on any atom is 0.178 e. The Bertz CT molecular complexity index is 482. The van der Waals surface area contributed by atoms with E-state index in [0.717, 1.165) is 29.1 Å². The van der Waals surface area contributed by atoms with Crippen molar-refractivity contribution in [1.29, 1.82) is 0 Å². The number of rotatable bonds is 2. The van der Waals surface area contributed by atoms with Gasteiger partial charge in [0.05, 0.1) is 5.52 Å². The van der Waals surface area contributed by atoms with Crippen LogP contribution in [0.1, 0.15) is 17.1 Å². The van der Waals surface area contributed by atoms with Gasteiger partial charge in [0.15, 0.2) is 5.65 Å². The van der Waals surface area contributed by atoms with Crippen LogP contribution in [0.15, 0.2) is 18.7 Å². The van der Waals surface area contributed by atoms with E-state index in [1.54, 1.807) is 0 Å². The molecule has 2 heterocycles. The zero-order chi connectivity index (χ0) is 10.1. The van der Waals surface area contributed by atoms with Crippen molar-refractivity contribution in [1.82, 2.24) is 15.0 Å². The standard InChI is InChI=1S/C11H13N3/c1-4-5-9-6-7(2)12-11-10(9)13-8(3)14-11/h4,6H,1,5H2,2-3H3,(H,12,13,14). The monoisotopic (exact) mass is 187 g/mol. The van der Waals surface area contributed by atoms with E-state index in [1.807, 2.05) is 19.9 Å². The van der Waals surface area contributed by atoms with Crippen LogP contribution >= 0.6 is 0 Å². The number of H-pyrrole nitrogens is 1. The van der Waals surface area contributed by atoms with E-state index in [0.29, 0.717) is 0 Å². The molecular weight excluding hydrogens is 174 g/mol. The summed E-state index contributed by atoms with van der Waals surface area (Å²) >= 11 is 0. The molecule has 0 aliphatic heterocycles. The zero-order valence-corrected chi connectivity index (χ0v) is 8.46. The van der Waals surface area contributed by atoms with Crippen LogP contribution in [0.4, 0.5) is 0 Å². The average molecular weight is 187 g/mol. The number of hydrogen-bond donors (Lipinski definition) is 1. The molecule has 0 atom stereocenters. The third kappa shape index (κ3) is 1.41. The van der Waals surface area contributed by atoms with Crippen LogP contribution in [0.3, 0.4) is 0 Å². The molecule has 0 unspecified atom stereocenters. The summed E-state index contributed by atoms with van der Waals surface area (Å²) in [5.41, 5.74) is 4.05. The number of nitrogens with one attached hydrogen (secondary N) is 1. The van der Waals surface area contributed by atoms with Crippen molar-refractivity contribution in [2.45, 2.75) is 20.3 Å². The van der Waals surface area contributed by atoms with Crippen molar-refractivity contribution in [2.24, 2.45) is 0 Å². The van der Waals surface area contributed by atoms with Crippen LogP contribution in [0, 0.1) is 13.8 Å². The van der Waals surface area contributed by atoms with Gasteiger partial charge in [0.1, 0.15) is 5.82 Å². The van der Waals surface area contributed by atoms with Gasteiger partial charge in [-0.05, 0) is 31.9 Å². The summed E-state index contributed by atoms with van der Waals surface area (Å²) in [5, 5.41) is 0. The van der Waals surface area contributed by atoms with E-state index in [1.165, 1.54) is 5.56 Å². The molecule has 2 rings (SSSR count). The minimum atomic E-state index is 0.805. The zero-order valence-electron chi connectivity index (χ0n) is 8.46. The molecule has 0 saturated heterocycles.